The van der Waals surface area contributed by atoms with Crippen molar-refractivity contribution in [2.45, 2.75) is 46.1 Å². The Bertz CT molecular complexity index is 450. The van der Waals surface area contributed by atoms with E-state index in [0.29, 0.717) is 18.4 Å². The van der Waals surface area contributed by atoms with Crippen LogP contribution in [-0.2, 0) is 0 Å². The number of hydrogen-bond donors (Lipinski definition) is 3. The SMILES string of the molecule is CC(C)c1cccc(NC(N)=NCCNC(C)(C)C)c1.I. The normalized spacial score (nSPS) is 12.2. The van der Waals surface area contributed by atoms with Gasteiger partial charge in [-0.05, 0) is 44.4 Å². The van der Waals surface area contributed by atoms with E-state index in [9.17, 15) is 0 Å². The number of hydrogen-bond acceptors (Lipinski definition) is 2. The third-order valence-corrected chi connectivity index (χ3v) is 2.87. The first-order valence-corrected chi connectivity index (χ1v) is 7.20. The van der Waals surface area contributed by atoms with Gasteiger partial charge in [-0.1, -0.05) is 26.0 Å². The number of guanidine groups is 1. The molecule has 0 heterocycles. The first kappa shape index (κ1) is 20.2. The van der Waals surface area contributed by atoms with Gasteiger partial charge in [-0.2, -0.15) is 0 Å². The average molecular weight is 404 g/mol. The highest BCUT2D eigenvalue weighted by molar-refractivity contribution is 14.0. The summed E-state index contributed by atoms with van der Waals surface area (Å²) in [5, 5.41) is 6.51. The Kier molecular flexibility index (Phi) is 8.89. The Balaban J connectivity index is 0.00000400. The van der Waals surface area contributed by atoms with Crippen molar-refractivity contribution in [3.63, 3.8) is 0 Å². The van der Waals surface area contributed by atoms with Gasteiger partial charge in [-0.15, -0.1) is 24.0 Å². The highest BCUT2D eigenvalue weighted by Gasteiger charge is 2.07. The monoisotopic (exact) mass is 404 g/mol. The Morgan fingerprint density at radius 3 is 2.52 bits per heavy atom. The maximum atomic E-state index is 5.89. The number of aliphatic imine (C=N–C) groups is 1. The number of anilines is 1. The molecule has 1 aromatic carbocycles. The topological polar surface area (TPSA) is 62.4 Å². The highest BCUT2D eigenvalue weighted by Crippen LogP contribution is 2.18. The minimum Gasteiger partial charge on any atom is -0.370 e. The molecule has 0 aliphatic carbocycles. The number of rotatable bonds is 5. The number of nitrogens with zero attached hydrogens (tertiary/aromatic N) is 1. The quantitative estimate of drug-likeness (QED) is 0.305. The minimum absolute atomic E-state index is 0. The molecule has 21 heavy (non-hydrogen) atoms. The van der Waals surface area contributed by atoms with Crippen molar-refractivity contribution in [3.8, 4) is 0 Å². The molecule has 0 aliphatic heterocycles. The first-order chi connectivity index (χ1) is 9.28. The zero-order valence-corrected chi connectivity index (χ0v) is 16.1. The second-order valence-corrected chi connectivity index (χ2v) is 6.35. The van der Waals surface area contributed by atoms with Crippen LogP contribution in [0, 0.1) is 0 Å². The fraction of sp³-hybridized carbons (Fsp3) is 0.562. The molecule has 0 unspecified atom stereocenters. The van der Waals surface area contributed by atoms with E-state index in [4.69, 9.17) is 5.73 Å². The Hall–Kier alpha value is -0.820. The summed E-state index contributed by atoms with van der Waals surface area (Å²) in [6.45, 7) is 12.2. The smallest absolute Gasteiger partial charge is 0.193 e. The van der Waals surface area contributed by atoms with Gasteiger partial charge in [0.25, 0.3) is 0 Å². The van der Waals surface area contributed by atoms with Gasteiger partial charge in [0.1, 0.15) is 0 Å². The van der Waals surface area contributed by atoms with Crippen molar-refractivity contribution in [1.29, 1.82) is 0 Å². The molecule has 0 radical (unpaired) electrons. The molecule has 1 rings (SSSR count). The summed E-state index contributed by atoms with van der Waals surface area (Å²) >= 11 is 0. The predicted octanol–water partition coefficient (Wildman–Crippen LogP) is 3.54. The third kappa shape index (κ3) is 8.93. The van der Waals surface area contributed by atoms with E-state index in [1.165, 1.54) is 5.56 Å². The Labute approximate surface area is 146 Å². The van der Waals surface area contributed by atoms with Crippen LogP contribution in [0.1, 0.15) is 46.1 Å². The number of halogens is 1. The molecule has 0 spiro atoms. The zero-order chi connectivity index (χ0) is 15.2. The van der Waals surface area contributed by atoms with Gasteiger partial charge in [-0.3, -0.25) is 4.99 Å². The molecular formula is C16H29IN4. The Morgan fingerprint density at radius 1 is 1.29 bits per heavy atom. The van der Waals surface area contributed by atoms with Gasteiger partial charge in [0.15, 0.2) is 5.96 Å². The molecule has 5 heteroatoms. The van der Waals surface area contributed by atoms with Crippen LogP contribution >= 0.6 is 24.0 Å². The minimum atomic E-state index is 0. The Morgan fingerprint density at radius 2 is 1.95 bits per heavy atom. The molecule has 120 valence electrons. The van der Waals surface area contributed by atoms with Crippen molar-refractivity contribution in [2.24, 2.45) is 10.7 Å². The van der Waals surface area contributed by atoms with E-state index >= 15 is 0 Å². The number of nitrogens with two attached hydrogens (primary N) is 1. The zero-order valence-electron chi connectivity index (χ0n) is 13.7. The third-order valence-electron chi connectivity index (χ3n) is 2.87. The van der Waals surface area contributed by atoms with Crippen molar-refractivity contribution in [2.75, 3.05) is 18.4 Å². The van der Waals surface area contributed by atoms with Crippen molar-refractivity contribution >= 4 is 35.6 Å². The lowest BCUT2D eigenvalue weighted by Gasteiger charge is -2.19. The van der Waals surface area contributed by atoms with E-state index in [2.05, 4.69) is 62.4 Å². The second-order valence-electron chi connectivity index (χ2n) is 6.35. The van der Waals surface area contributed by atoms with Gasteiger partial charge in [-0.25, -0.2) is 0 Å². The van der Waals surface area contributed by atoms with E-state index in [1.807, 2.05) is 12.1 Å². The van der Waals surface area contributed by atoms with Crippen LogP contribution in [0.2, 0.25) is 0 Å². The van der Waals surface area contributed by atoms with E-state index < -0.39 is 0 Å². The molecule has 0 amide bonds. The molecule has 0 atom stereocenters. The lowest BCUT2D eigenvalue weighted by molar-refractivity contribution is 0.433. The molecule has 0 aromatic heterocycles. The van der Waals surface area contributed by atoms with Crippen LogP contribution in [0.4, 0.5) is 5.69 Å². The van der Waals surface area contributed by atoms with Gasteiger partial charge < -0.3 is 16.4 Å². The molecular weight excluding hydrogens is 375 g/mol. The van der Waals surface area contributed by atoms with E-state index in [-0.39, 0.29) is 29.5 Å². The standard InChI is InChI=1S/C16H28N4.HI/c1-12(2)13-7-6-8-14(11-13)20-15(17)18-9-10-19-16(3,4)5;/h6-8,11-12,19H,9-10H2,1-5H3,(H3,17,18,20);1H. The predicted molar refractivity (Wildman–Crippen MR) is 104 cm³/mol. The molecule has 4 N–H and O–H groups in total. The second kappa shape index (κ2) is 9.25. The lowest BCUT2D eigenvalue weighted by atomic mass is 10.0. The summed E-state index contributed by atoms with van der Waals surface area (Å²) in [7, 11) is 0. The van der Waals surface area contributed by atoms with Crippen molar-refractivity contribution in [1.82, 2.24) is 5.32 Å². The van der Waals surface area contributed by atoms with Gasteiger partial charge in [0.05, 0.1) is 6.54 Å². The molecule has 1 aromatic rings. The van der Waals surface area contributed by atoms with E-state index in [1.54, 1.807) is 0 Å². The fourth-order valence-electron chi connectivity index (χ4n) is 1.77. The van der Waals surface area contributed by atoms with Crippen molar-refractivity contribution in [3.05, 3.63) is 29.8 Å². The molecule has 0 saturated carbocycles. The summed E-state index contributed by atoms with van der Waals surface area (Å²) in [6, 6.07) is 8.27. The first-order valence-electron chi connectivity index (χ1n) is 7.20. The number of nitrogens with one attached hydrogen (secondary N) is 2. The maximum absolute atomic E-state index is 5.89. The summed E-state index contributed by atoms with van der Waals surface area (Å²) in [6.07, 6.45) is 0. The summed E-state index contributed by atoms with van der Waals surface area (Å²) in [4.78, 5) is 4.32. The molecule has 0 aliphatic rings. The van der Waals surface area contributed by atoms with Crippen LogP contribution < -0.4 is 16.4 Å². The van der Waals surface area contributed by atoms with E-state index in [0.717, 1.165) is 12.2 Å². The van der Waals surface area contributed by atoms with Crippen molar-refractivity contribution < 1.29 is 0 Å². The van der Waals surface area contributed by atoms with Crippen LogP contribution in [0.25, 0.3) is 0 Å². The maximum Gasteiger partial charge on any atom is 0.193 e. The molecule has 0 saturated heterocycles. The van der Waals surface area contributed by atoms with Crippen LogP contribution in [0.5, 0.6) is 0 Å². The van der Waals surface area contributed by atoms with Crippen LogP contribution in [0.3, 0.4) is 0 Å². The summed E-state index contributed by atoms with van der Waals surface area (Å²) in [5.74, 6) is 0.965. The molecule has 4 nitrogen and oxygen atoms in total. The largest absolute Gasteiger partial charge is 0.370 e. The van der Waals surface area contributed by atoms with Gasteiger partial charge in [0, 0.05) is 17.8 Å². The average Bonchev–Trinajstić information content (AvgIpc) is 2.34. The molecule has 0 bridgehead atoms. The van der Waals surface area contributed by atoms with Crippen LogP contribution in [0.15, 0.2) is 29.3 Å². The number of benzene rings is 1. The van der Waals surface area contributed by atoms with Gasteiger partial charge in [0.2, 0.25) is 0 Å². The van der Waals surface area contributed by atoms with Crippen LogP contribution in [-0.4, -0.2) is 24.6 Å². The lowest BCUT2D eigenvalue weighted by Crippen LogP contribution is -2.37. The highest BCUT2D eigenvalue weighted by atomic mass is 127. The summed E-state index contributed by atoms with van der Waals surface area (Å²) in [5.41, 5.74) is 8.28. The summed E-state index contributed by atoms with van der Waals surface area (Å²) < 4.78 is 0. The molecule has 0 fully saturated rings. The fourth-order valence-corrected chi connectivity index (χ4v) is 1.77. The van der Waals surface area contributed by atoms with Gasteiger partial charge >= 0.3 is 0 Å².